The van der Waals surface area contributed by atoms with Gasteiger partial charge in [-0.3, -0.25) is 18.8 Å². The molecule has 1 fully saturated rings. The van der Waals surface area contributed by atoms with Crippen LogP contribution in [0.4, 0.5) is 0 Å². The Bertz CT molecular complexity index is 551. The largest absolute Gasteiger partial charge is 0.374 e. The van der Waals surface area contributed by atoms with E-state index in [0.717, 1.165) is 19.6 Å². The van der Waals surface area contributed by atoms with Crippen molar-refractivity contribution in [3.8, 4) is 0 Å². The fourth-order valence-electron chi connectivity index (χ4n) is 2.43. The minimum Gasteiger partial charge on any atom is -0.374 e. The molecule has 1 aliphatic heterocycles. The molecule has 1 aromatic rings. The number of hydrogen-bond acceptors (Lipinski definition) is 5. The van der Waals surface area contributed by atoms with E-state index in [1.807, 2.05) is 0 Å². The summed E-state index contributed by atoms with van der Waals surface area (Å²) >= 11 is 0. The number of morpholine rings is 1. The first-order valence-electron chi connectivity index (χ1n) is 7.00. The van der Waals surface area contributed by atoms with E-state index in [9.17, 15) is 9.59 Å². The standard InChI is InChI=1S/C13H22N4O3/c1-2-15-7-8-20-11(9-15)10-16-5-3-12(18)17(6-4-14)13(16)19/h3,5,11H,2,4,6-10,14H2,1H3. The third kappa shape index (κ3) is 3.36. The molecule has 2 heterocycles. The Morgan fingerprint density at radius 3 is 2.95 bits per heavy atom. The molecule has 7 nitrogen and oxygen atoms in total. The van der Waals surface area contributed by atoms with E-state index in [2.05, 4.69) is 11.8 Å². The second-order valence-corrected chi connectivity index (χ2v) is 4.92. The molecule has 1 aliphatic rings. The molecule has 1 atom stereocenters. The highest BCUT2D eigenvalue weighted by molar-refractivity contribution is 4.87. The van der Waals surface area contributed by atoms with Gasteiger partial charge in [-0.25, -0.2) is 4.79 Å². The van der Waals surface area contributed by atoms with Crippen LogP contribution in [-0.4, -0.2) is 52.9 Å². The van der Waals surface area contributed by atoms with Gasteiger partial charge in [0, 0.05) is 38.4 Å². The smallest absolute Gasteiger partial charge is 0.331 e. The maximum Gasteiger partial charge on any atom is 0.331 e. The van der Waals surface area contributed by atoms with Crippen molar-refractivity contribution >= 4 is 0 Å². The minimum absolute atomic E-state index is 0.0229. The molecule has 0 bridgehead atoms. The van der Waals surface area contributed by atoms with Gasteiger partial charge in [0.1, 0.15) is 0 Å². The van der Waals surface area contributed by atoms with E-state index >= 15 is 0 Å². The maximum atomic E-state index is 12.2. The first-order chi connectivity index (χ1) is 9.65. The van der Waals surface area contributed by atoms with Crippen LogP contribution < -0.4 is 17.0 Å². The lowest BCUT2D eigenvalue weighted by Gasteiger charge is -2.32. The number of ether oxygens (including phenoxy) is 1. The molecule has 1 unspecified atom stereocenters. The van der Waals surface area contributed by atoms with Crippen LogP contribution in [0.25, 0.3) is 0 Å². The van der Waals surface area contributed by atoms with Crippen molar-refractivity contribution in [1.29, 1.82) is 0 Å². The van der Waals surface area contributed by atoms with E-state index in [-0.39, 0.29) is 30.4 Å². The molecule has 0 amide bonds. The van der Waals surface area contributed by atoms with Crippen LogP contribution in [0, 0.1) is 0 Å². The maximum absolute atomic E-state index is 12.2. The van der Waals surface area contributed by atoms with Crippen LogP contribution in [0.1, 0.15) is 6.92 Å². The van der Waals surface area contributed by atoms with Crippen molar-refractivity contribution in [2.24, 2.45) is 5.73 Å². The normalized spacial score (nSPS) is 20.2. The zero-order chi connectivity index (χ0) is 14.5. The summed E-state index contributed by atoms with van der Waals surface area (Å²) in [5, 5.41) is 0. The van der Waals surface area contributed by atoms with Gasteiger partial charge in [-0.05, 0) is 6.54 Å². The number of likely N-dealkylation sites (N-methyl/N-ethyl adjacent to an activating group) is 1. The van der Waals surface area contributed by atoms with Gasteiger partial charge < -0.3 is 10.5 Å². The molecule has 0 radical (unpaired) electrons. The summed E-state index contributed by atoms with van der Waals surface area (Å²) in [7, 11) is 0. The van der Waals surface area contributed by atoms with E-state index in [1.54, 1.807) is 0 Å². The van der Waals surface area contributed by atoms with Crippen molar-refractivity contribution in [1.82, 2.24) is 14.0 Å². The molecule has 2 rings (SSSR count). The first-order valence-corrected chi connectivity index (χ1v) is 7.00. The molecule has 0 aliphatic carbocycles. The molecule has 0 saturated carbocycles. The SMILES string of the molecule is CCN1CCOC(Cn2ccc(=O)n(CCN)c2=O)C1. The number of nitrogens with zero attached hydrogens (tertiary/aromatic N) is 3. The van der Waals surface area contributed by atoms with Crippen LogP contribution >= 0.6 is 0 Å². The van der Waals surface area contributed by atoms with Crippen LogP contribution in [0.15, 0.2) is 21.9 Å². The van der Waals surface area contributed by atoms with Gasteiger partial charge in [0.2, 0.25) is 0 Å². The zero-order valence-corrected chi connectivity index (χ0v) is 11.8. The van der Waals surface area contributed by atoms with Crippen molar-refractivity contribution in [2.75, 3.05) is 32.8 Å². The molecule has 0 aromatic carbocycles. The molecule has 2 N–H and O–H groups in total. The Kier molecular flexibility index (Phi) is 5.11. The lowest BCUT2D eigenvalue weighted by atomic mass is 10.2. The highest BCUT2D eigenvalue weighted by atomic mass is 16.5. The van der Waals surface area contributed by atoms with Crippen LogP contribution in [0.5, 0.6) is 0 Å². The number of hydrogen-bond donors (Lipinski definition) is 1. The topological polar surface area (TPSA) is 82.5 Å². The summed E-state index contributed by atoms with van der Waals surface area (Å²) in [4.78, 5) is 26.1. The molecule has 20 heavy (non-hydrogen) atoms. The van der Waals surface area contributed by atoms with E-state index in [0.29, 0.717) is 13.2 Å². The molecule has 1 saturated heterocycles. The van der Waals surface area contributed by atoms with Crippen LogP contribution in [0.2, 0.25) is 0 Å². The molecule has 112 valence electrons. The second-order valence-electron chi connectivity index (χ2n) is 4.92. The van der Waals surface area contributed by atoms with Crippen molar-refractivity contribution in [3.63, 3.8) is 0 Å². The summed E-state index contributed by atoms with van der Waals surface area (Å²) in [5.41, 5.74) is 4.80. The van der Waals surface area contributed by atoms with E-state index < -0.39 is 0 Å². The number of aromatic nitrogens is 2. The summed E-state index contributed by atoms with van der Waals surface area (Å²) in [6, 6.07) is 1.40. The average molecular weight is 282 g/mol. The van der Waals surface area contributed by atoms with Crippen molar-refractivity contribution < 1.29 is 4.74 Å². The van der Waals surface area contributed by atoms with Gasteiger partial charge in [0.25, 0.3) is 5.56 Å². The van der Waals surface area contributed by atoms with Gasteiger partial charge in [-0.15, -0.1) is 0 Å². The highest BCUT2D eigenvalue weighted by Gasteiger charge is 2.20. The molecule has 7 heteroatoms. The zero-order valence-electron chi connectivity index (χ0n) is 11.8. The summed E-state index contributed by atoms with van der Waals surface area (Å²) < 4.78 is 8.38. The number of rotatable bonds is 5. The third-order valence-electron chi connectivity index (χ3n) is 3.56. The molecule has 1 aromatic heterocycles. The van der Waals surface area contributed by atoms with Crippen molar-refractivity contribution in [2.45, 2.75) is 26.1 Å². The van der Waals surface area contributed by atoms with Crippen LogP contribution in [0.3, 0.4) is 0 Å². The van der Waals surface area contributed by atoms with E-state index in [1.165, 1.54) is 21.4 Å². The summed E-state index contributed by atoms with van der Waals surface area (Å²) in [6.07, 6.45) is 1.51. The highest BCUT2D eigenvalue weighted by Crippen LogP contribution is 2.06. The Morgan fingerprint density at radius 2 is 2.25 bits per heavy atom. The monoisotopic (exact) mass is 282 g/mol. The Balaban J connectivity index is 2.15. The lowest BCUT2D eigenvalue weighted by molar-refractivity contribution is -0.0350. The van der Waals surface area contributed by atoms with Crippen molar-refractivity contribution in [3.05, 3.63) is 33.1 Å². The van der Waals surface area contributed by atoms with Gasteiger partial charge in [-0.1, -0.05) is 6.92 Å². The predicted molar refractivity (Wildman–Crippen MR) is 75.9 cm³/mol. The van der Waals surface area contributed by atoms with Crippen LogP contribution in [-0.2, 0) is 17.8 Å². The molecular formula is C13H22N4O3. The third-order valence-corrected chi connectivity index (χ3v) is 3.56. The Hall–Kier alpha value is -1.44. The summed E-state index contributed by atoms with van der Waals surface area (Å²) in [6.45, 7) is 6.45. The second kappa shape index (κ2) is 6.83. The Labute approximate surface area is 117 Å². The minimum atomic E-state index is -0.319. The van der Waals surface area contributed by atoms with Gasteiger partial charge >= 0.3 is 5.69 Å². The fourth-order valence-corrected chi connectivity index (χ4v) is 2.43. The average Bonchev–Trinajstić information content (AvgIpc) is 2.47. The number of nitrogens with two attached hydrogens (primary N) is 1. The first kappa shape index (κ1) is 15.0. The fraction of sp³-hybridized carbons (Fsp3) is 0.692. The predicted octanol–water partition coefficient (Wildman–Crippen LogP) is -1.31. The molecular weight excluding hydrogens is 260 g/mol. The summed E-state index contributed by atoms with van der Waals surface area (Å²) in [5.74, 6) is 0. The lowest BCUT2D eigenvalue weighted by Crippen LogP contribution is -2.47. The molecule has 0 spiro atoms. The van der Waals surface area contributed by atoms with Gasteiger partial charge in [-0.2, -0.15) is 0 Å². The quantitative estimate of drug-likeness (QED) is 0.725. The van der Waals surface area contributed by atoms with E-state index in [4.69, 9.17) is 10.5 Å². The van der Waals surface area contributed by atoms with Gasteiger partial charge in [0.15, 0.2) is 0 Å². The Morgan fingerprint density at radius 1 is 1.45 bits per heavy atom. The van der Waals surface area contributed by atoms with Gasteiger partial charge in [0.05, 0.1) is 19.3 Å².